The van der Waals surface area contributed by atoms with Crippen LogP contribution in [0.1, 0.15) is 29.1 Å². The maximum absolute atomic E-state index is 13.5. The molecule has 2 aliphatic rings. The number of thioether (sulfide) groups is 1. The average molecular weight is 512 g/mol. The second kappa shape index (κ2) is 9.72. The number of nitrogens with two attached hydrogens (primary N) is 1. The van der Waals surface area contributed by atoms with E-state index in [0.29, 0.717) is 44.1 Å². The Balaban J connectivity index is 1.55. The summed E-state index contributed by atoms with van der Waals surface area (Å²) in [4.78, 5) is 31.8. The Hall–Kier alpha value is -4.75. The van der Waals surface area contributed by atoms with Crippen molar-refractivity contribution < 1.29 is 18.7 Å². The summed E-state index contributed by atoms with van der Waals surface area (Å²) in [7, 11) is 1.33. The zero-order chi connectivity index (χ0) is 26.1. The number of benzene rings is 2. The number of furan rings is 1. The predicted octanol–water partition coefficient (Wildman–Crippen LogP) is 4.76. The van der Waals surface area contributed by atoms with Crippen molar-refractivity contribution in [1.29, 1.82) is 5.26 Å². The number of aliphatic imine (C=N–C) groups is 1. The average Bonchev–Trinajstić information content (AvgIpc) is 3.52. The lowest BCUT2D eigenvalue weighted by molar-refractivity contribution is -0.113. The van der Waals surface area contributed by atoms with E-state index < -0.39 is 12.0 Å². The number of para-hydroxylation sites is 1. The molecule has 5 rings (SSSR count). The molecule has 3 heterocycles. The van der Waals surface area contributed by atoms with Crippen LogP contribution in [0.5, 0.6) is 0 Å². The number of carbonyl (C=O) groups is 2. The minimum atomic E-state index is -0.752. The predicted molar refractivity (Wildman–Crippen MR) is 140 cm³/mol. The minimum Gasteiger partial charge on any atom is -0.465 e. The van der Waals surface area contributed by atoms with E-state index in [9.17, 15) is 14.9 Å². The van der Waals surface area contributed by atoms with Gasteiger partial charge in [0.25, 0.3) is 5.91 Å². The molecule has 184 valence electrons. The van der Waals surface area contributed by atoms with Crippen LogP contribution in [0, 0.1) is 11.3 Å². The van der Waals surface area contributed by atoms with Crippen LogP contribution in [0.25, 0.3) is 11.3 Å². The van der Waals surface area contributed by atoms with Gasteiger partial charge in [0.05, 0.1) is 23.9 Å². The van der Waals surface area contributed by atoms with Gasteiger partial charge in [-0.3, -0.25) is 9.69 Å². The highest BCUT2D eigenvalue weighted by Crippen LogP contribution is 2.46. The third-order valence-corrected chi connectivity index (χ3v) is 6.92. The first kappa shape index (κ1) is 24.0. The molecule has 37 heavy (non-hydrogen) atoms. The Morgan fingerprint density at radius 1 is 1.14 bits per heavy atom. The molecule has 0 bridgehead atoms. The Morgan fingerprint density at radius 2 is 1.86 bits per heavy atom. The van der Waals surface area contributed by atoms with Gasteiger partial charge in [-0.1, -0.05) is 30.3 Å². The third-order valence-electron chi connectivity index (χ3n) is 5.94. The van der Waals surface area contributed by atoms with E-state index in [0.717, 1.165) is 17.3 Å². The fraction of sp³-hybridized carbons (Fsp3) is 0.111. The van der Waals surface area contributed by atoms with Gasteiger partial charge in [-0.25, -0.2) is 9.79 Å². The number of esters is 1. The van der Waals surface area contributed by atoms with Crippen molar-refractivity contribution in [3.63, 3.8) is 0 Å². The van der Waals surface area contributed by atoms with Crippen molar-refractivity contribution in [3.8, 4) is 17.4 Å². The van der Waals surface area contributed by atoms with E-state index in [1.807, 2.05) is 18.2 Å². The summed E-state index contributed by atoms with van der Waals surface area (Å²) in [5, 5.41) is 13.0. The summed E-state index contributed by atoms with van der Waals surface area (Å²) in [6.45, 7) is 1.74. The van der Waals surface area contributed by atoms with Gasteiger partial charge in [0.15, 0.2) is 5.17 Å². The van der Waals surface area contributed by atoms with Crippen molar-refractivity contribution in [2.24, 2.45) is 10.7 Å². The van der Waals surface area contributed by atoms with Crippen LogP contribution in [0.3, 0.4) is 0 Å². The first-order valence-electron chi connectivity index (χ1n) is 11.2. The zero-order valence-corrected chi connectivity index (χ0v) is 20.7. The smallest absolute Gasteiger partial charge is 0.337 e. The number of nitrogens with zero attached hydrogens (tertiary/aromatic N) is 3. The first-order chi connectivity index (χ1) is 17.9. The highest BCUT2D eigenvalue weighted by Gasteiger charge is 2.43. The summed E-state index contributed by atoms with van der Waals surface area (Å²) in [5.74, 6) is 0.386. The first-order valence-corrected chi connectivity index (χ1v) is 12.0. The molecule has 1 atom stereocenters. The topological polar surface area (TPSA) is 134 Å². The van der Waals surface area contributed by atoms with Gasteiger partial charge in [-0.05, 0) is 55.1 Å². The van der Waals surface area contributed by atoms with Gasteiger partial charge in [0, 0.05) is 11.3 Å². The van der Waals surface area contributed by atoms with Crippen molar-refractivity contribution in [1.82, 2.24) is 4.90 Å². The van der Waals surface area contributed by atoms with E-state index in [-0.39, 0.29) is 11.7 Å². The van der Waals surface area contributed by atoms with Crippen LogP contribution in [0.2, 0.25) is 0 Å². The molecular formula is C27H21N5O4S. The number of nitriles is 1. The Kier molecular flexibility index (Phi) is 6.29. The monoisotopic (exact) mass is 511 g/mol. The summed E-state index contributed by atoms with van der Waals surface area (Å²) in [5.41, 5.74) is 8.96. The molecule has 3 aromatic rings. The third kappa shape index (κ3) is 4.37. The fourth-order valence-corrected chi connectivity index (χ4v) is 5.08. The quantitative estimate of drug-likeness (QED) is 0.469. The van der Waals surface area contributed by atoms with E-state index in [1.165, 1.54) is 7.11 Å². The number of carbonyl (C=O) groups excluding carboxylic acids is 2. The maximum Gasteiger partial charge on any atom is 0.337 e. The summed E-state index contributed by atoms with van der Waals surface area (Å²) in [6.07, 6.45) is 0. The lowest BCUT2D eigenvalue weighted by Crippen LogP contribution is -2.39. The summed E-state index contributed by atoms with van der Waals surface area (Å²) >= 11 is 1.15. The van der Waals surface area contributed by atoms with Gasteiger partial charge in [0.2, 0.25) is 0 Å². The molecule has 0 radical (unpaired) electrons. The number of fused-ring (bicyclic) bond motifs is 1. The molecular weight excluding hydrogens is 490 g/mol. The second-order valence-electron chi connectivity index (χ2n) is 8.19. The highest BCUT2D eigenvalue weighted by atomic mass is 32.2. The number of hydrogen-bond donors (Lipinski definition) is 2. The van der Waals surface area contributed by atoms with Gasteiger partial charge < -0.3 is 20.2 Å². The number of amidine groups is 1. The molecule has 0 spiro atoms. The maximum atomic E-state index is 13.5. The van der Waals surface area contributed by atoms with Crippen LogP contribution < -0.4 is 11.1 Å². The van der Waals surface area contributed by atoms with E-state index in [4.69, 9.17) is 14.9 Å². The van der Waals surface area contributed by atoms with Crippen LogP contribution in [-0.4, -0.2) is 29.1 Å². The molecule has 0 saturated heterocycles. The largest absolute Gasteiger partial charge is 0.465 e. The molecule has 9 nitrogen and oxygen atoms in total. The Bertz CT molecular complexity index is 1530. The summed E-state index contributed by atoms with van der Waals surface area (Å²) in [6, 6.07) is 20.8. The lowest BCUT2D eigenvalue weighted by atomic mass is 9.98. The number of methoxy groups -OCH3 is 1. The number of anilines is 1. The van der Waals surface area contributed by atoms with Gasteiger partial charge >= 0.3 is 5.97 Å². The van der Waals surface area contributed by atoms with Gasteiger partial charge in [0.1, 0.15) is 34.4 Å². The molecule has 10 heteroatoms. The molecule has 2 aliphatic heterocycles. The Labute approximate surface area is 216 Å². The number of nitrogens with one attached hydrogen (secondary N) is 1. The van der Waals surface area contributed by atoms with Crippen molar-refractivity contribution in [2.45, 2.75) is 13.0 Å². The second-order valence-corrected chi connectivity index (χ2v) is 9.16. The van der Waals surface area contributed by atoms with Crippen LogP contribution in [-0.2, 0) is 9.53 Å². The fourth-order valence-electron chi connectivity index (χ4n) is 4.16. The minimum absolute atomic E-state index is 0.203. The van der Waals surface area contributed by atoms with Crippen LogP contribution in [0.4, 0.5) is 5.69 Å². The number of ether oxygens (including phenoxy) is 1. The number of amides is 1. The van der Waals surface area contributed by atoms with E-state index in [1.54, 1.807) is 60.4 Å². The van der Waals surface area contributed by atoms with E-state index >= 15 is 0 Å². The van der Waals surface area contributed by atoms with Gasteiger partial charge in [-0.2, -0.15) is 5.26 Å². The SMILES string of the molecule is COC(=O)c1ccc(-c2ccc([C@H]3C(C(=O)Nc4ccccc4)=C(C)N=C4SC(C#N)=C(N)N43)o2)cc1. The molecule has 0 saturated carbocycles. The zero-order valence-electron chi connectivity index (χ0n) is 19.9. The number of allylic oxidation sites excluding steroid dienone is 2. The normalized spacial score (nSPS) is 16.7. The van der Waals surface area contributed by atoms with Crippen molar-refractivity contribution in [3.05, 3.63) is 100 Å². The molecule has 3 N–H and O–H groups in total. The van der Waals surface area contributed by atoms with Crippen LogP contribution in [0.15, 0.2) is 98.1 Å². The lowest BCUT2D eigenvalue weighted by Gasteiger charge is -2.33. The van der Waals surface area contributed by atoms with Crippen molar-refractivity contribution in [2.75, 3.05) is 12.4 Å². The van der Waals surface area contributed by atoms with Crippen molar-refractivity contribution >= 4 is 34.5 Å². The standard InChI is InChI=1S/C27H21N5O4S/c1-15-22(25(33)31-18-6-4-3-5-7-18)23(32-24(29)21(14-28)37-27(32)30-15)20-13-12-19(36-20)16-8-10-17(11-9-16)26(34)35-2/h3-13,23H,29H2,1-2H3,(H,31,33)/t23-/m0/s1. The Morgan fingerprint density at radius 3 is 2.54 bits per heavy atom. The number of rotatable bonds is 5. The molecule has 0 unspecified atom stereocenters. The molecule has 0 aliphatic carbocycles. The summed E-state index contributed by atoms with van der Waals surface area (Å²) < 4.78 is 11.0. The highest BCUT2D eigenvalue weighted by molar-refractivity contribution is 8.17. The number of hydrogen-bond acceptors (Lipinski definition) is 9. The van der Waals surface area contributed by atoms with Gasteiger partial charge in [-0.15, -0.1) is 0 Å². The molecule has 1 amide bonds. The molecule has 2 aromatic carbocycles. The molecule has 0 fully saturated rings. The van der Waals surface area contributed by atoms with E-state index in [2.05, 4.69) is 16.4 Å². The van der Waals surface area contributed by atoms with Crippen LogP contribution >= 0.6 is 11.8 Å². The molecule has 1 aromatic heterocycles.